The van der Waals surface area contributed by atoms with Crippen molar-refractivity contribution in [3.8, 4) is 11.5 Å². The zero-order valence-electron chi connectivity index (χ0n) is 15.2. The molecular weight excluding hydrogens is 347 g/mol. The smallest absolute Gasteiger partial charge is 0.451 e. The average molecular weight is 369 g/mol. The Kier molecular flexibility index (Phi) is 4.86. The summed E-state index contributed by atoms with van der Waals surface area (Å²) in [4.78, 5) is 9.54. The van der Waals surface area contributed by atoms with Crippen LogP contribution in [0.25, 0.3) is 10.9 Å². The highest BCUT2D eigenvalue weighted by Gasteiger charge is 2.37. The van der Waals surface area contributed by atoms with Gasteiger partial charge in [0, 0.05) is 24.5 Å². The molecule has 5 nitrogen and oxygen atoms in total. The molecule has 0 bridgehead atoms. The van der Waals surface area contributed by atoms with Crippen LogP contribution in [0, 0.1) is 11.8 Å². The first kappa shape index (κ1) is 18.5. The van der Waals surface area contributed by atoms with Gasteiger partial charge in [-0.1, -0.05) is 13.8 Å². The van der Waals surface area contributed by atoms with E-state index in [1.165, 1.54) is 20.3 Å². The second kappa shape index (κ2) is 6.81. The van der Waals surface area contributed by atoms with Crippen molar-refractivity contribution in [1.29, 1.82) is 0 Å². The summed E-state index contributed by atoms with van der Waals surface area (Å²) in [6, 6.07) is 3.11. The number of ether oxygens (including phenoxy) is 2. The molecule has 2 aromatic rings. The van der Waals surface area contributed by atoms with Crippen LogP contribution in [0.2, 0.25) is 0 Å². The summed E-state index contributed by atoms with van der Waals surface area (Å²) in [5, 5.41) is 0.525. The van der Waals surface area contributed by atoms with Gasteiger partial charge in [-0.2, -0.15) is 13.2 Å². The van der Waals surface area contributed by atoms with Gasteiger partial charge >= 0.3 is 6.18 Å². The molecule has 0 N–H and O–H groups in total. The van der Waals surface area contributed by atoms with E-state index in [1.807, 2.05) is 4.90 Å². The lowest BCUT2D eigenvalue weighted by Crippen LogP contribution is -2.39. The van der Waals surface area contributed by atoms with Crippen LogP contribution in [0.3, 0.4) is 0 Å². The fraction of sp³-hybridized carbons (Fsp3) is 0.556. The molecule has 3 rings (SSSR count). The first-order valence-electron chi connectivity index (χ1n) is 8.48. The third-order valence-electron chi connectivity index (χ3n) is 4.60. The number of benzene rings is 1. The topological polar surface area (TPSA) is 47.5 Å². The number of piperidine rings is 1. The van der Waals surface area contributed by atoms with Gasteiger partial charge < -0.3 is 14.4 Å². The fourth-order valence-electron chi connectivity index (χ4n) is 3.64. The van der Waals surface area contributed by atoms with Crippen molar-refractivity contribution in [1.82, 2.24) is 9.97 Å². The molecule has 2 unspecified atom stereocenters. The minimum atomic E-state index is -4.62. The van der Waals surface area contributed by atoms with Gasteiger partial charge in [0.2, 0.25) is 5.82 Å². The van der Waals surface area contributed by atoms with Gasteiger partial charge in [-0.05, 0) is 24.3 Å². The Morgan fingerprint density at radius 2 is 1.58 bits per heavy atom. The summed E-state index contributed by atoms with van der Waals surface area (Å²) < 4.78 is 50.5. The number of hydrogen-bond donors (Lipinski definition) is 0. The predicted molar refractivity (Wildman–Crippen MR) is 92.8 cm³/mol. The molecule has 142 valence electrons. The largest absolute Gasteiger partial charge is 0.493 e. The summed E-state index contributed by atoms with van der Waals surface area (Å²) in [5.41, 5.74) is 0.186. The fourth-order valence-corrected chi connectivity index (χ4v) is 3.64. The Labute approximate surface area is 150 Å². The van der Waals surface area contributed by atoms with Crippen LogP contribution in [0.4, 0.5) is 19.0 Å². The van der Waals surface area contributed by atoms with E-state index >= 15 is 0 Å². The van der Waals surface area contributed by atoms with Crippen molar-refractivity contribution in [3.63, 3.8) is 0 Å². The van der Waals surface area contributed by atoms with Crippen molar-refractivity contribution in [2.45, 2.75) is 26.4 Å². The van der Waals surface area contributed by atoms with Gasteiger partial charge in [0.1, 0.15) is 5.82 Å². The minimum Gasteiger partial charge on any atom is -0.493 e. The normalized spacial score (nSPS) is 21.1. The summed E-state index contributed by atoms with van der Waals surface area (Å²) in [6.45, 7) is 5.50. The molecule has 0 spiro atoms. The van der Waals surface area contributed by atoms with Crippen molar-refractivity contribution in [2.75, 3.05) is 32.2 Å². The summed E-state index contributed by atoms with van der Waals surface area (Å²) in [7, 11) is 2.92. The molecule has 1 aromatic heterocycles. The zero-order chi connectivity index (χ0) is 19.1. The number of rotatable bonds is 3. The van der Waals surface area contributed by atoms with Gasteiger partial charge in [0.05, 0.1) is 19.7 Å². The Morgan fingerprint density at radius 3 is 2.12 bits per heavy atom. The van der Waals surface area contributed by atoms with E-state index in [0.717, 1.165) is 6.42 Å². The third-order valence-corrected chi connectivity index (χ3v) is 4.60. The summed E-state index contributed by atoms with van der Waals surface area (Å²) in [6.07, 6.45) is -3.58. The summed E-state index contributed by atoms with van der Waals surface area (Å²) >= 11 is 0. The van der Waals surface area contributed by atoms with E-state index in [2.05, 4.69) is 23.8 Å². The average Bonchev–Trinajstić information content (AvgIpc) is 2.57. The molecule has 1 aliphatic heterocycles. The predicted octanol–water partition coefficient (Wildman–Crippen LogP) is 4.15. The molecule has 26 heavy (non-hydrogen) atoms. The Balaban J connectivity index is 2.23. The monoisotopic (exact) mass is 369 g/mol. The van der Waals surface area contributed by atoms with Gasteiger partial charge in [-0.25, -0.2) is 9.97 Å². The number of nitrogens with zero attached hydrogens (tertiary/aromatic N) is 3. The number of aromatic nitrogens is 2. The van der Waals surface area contributed by atoms with Gasteiger partial charge in [0.15, 0.2) is 11.5 Å². The van der Waals surface area contributed by atoms with Crippen LogP contribution in [0.1, 0.15) is 26.1 Å². The van der Waals surface area contributed by atoms with Gasteiger partial charge in [0.25, 0.3) is 0 Å². The van der Waals surface area contributed by atoms with Crippen molar-refractivity contribution in [2.24, 2.45) is 11.8 Å². The third kappa shape index (κ3) is 3.50. The van der Waals surface area contributed by atoms with E-state index < -0.39 is 12.0 Å². The molecule has 2 heterocycles. The highest BCUT2D eigenvalue weighted by atomic mass is 19.4. The molecule has 2 atom stereocenters. The number of halogens is 3. The lowest BCUT2D eigenvalue weighted by atomic mass is 9.92. The maximum absolute atomic E-state index is 13.3. The summed E-state index contributed by atoms with van der Waals surface area (Å²) in [5.74, 6) is 0.664. The van der Waals surface area contributed by atoms with Crippen molar-refractivity contribution >= 4 is 16.7 Å². The molecule has 0 radical (unpaired) electrons. The molecule has 0 saturated carbocycles. The highest BCUT2D eigenvalue weighted by molar-refractivity contribution is 5.92. The Morgan fingerprint density at radius 1 is 1.00 bits per heavy atom. The Bertz CT molecular complexity index is 800. The molecule has 1 fully saturated rings. The van der Waals surface area contributed by atoms with E-state index in [-0.39, 0.29) is 5.52 Å². The van der Waals surface area contributed by atoms with Gasteiger partial charge in [-0.3, -0.25) is 0 Å². The number of hydrogen-bond acceptors (Lipinski definition) is 5. The lowest BCUT2D eigenvalue weighted by Gasteiger charge is -2.36. The Hall–Kier alpha value is -2.25. The second-order valence-electron chi connectivity index (χ2n) is 6.94. The molecule has 1 aliphatic rings. The maximum atomic E-state index is 13.3. The minimum absolute atomic E-state index is 0.186. The van der Waals surface area contributed by atoms with Gasteiger partial charge in [-0.15, -0.1) is 0 Å². The van der Waals surface area contributed by atoms with Crippen LogP contribution >= 0.6 is 0 Å². The van der Waals surface area contributed by atoms with E-state index in [1.54, 1.807) is 6.07 Å². The molecule has 0 amide bonds. The number of methoxy groups -OCH3 is 2. The second-order valence-corrected chi connectivity index (χ2v) is 6.94. The quantitative estimate of drug-likeness (QED) is 0.814. The van der Waals surface area contributed by atoms with E-state index in [9.17, 15) is 13.2 Å². The molecular formula is C18H22F3N3O2. The SMILES string of the molecule is COc1cc2nc(C(F)(F)F)nc(N3CC(C)CC(C)C3)c2cc1OC. The van der Waals surface area contributed by atoms with E-state index in [0.29, 0.717) is 47.6 Å². The molecule has 1 saturated heterocycles. The molecule has 8 heteroatoms. The number of alkyl halides is 3. The number of anilines is 1. The highest BCUT2D eigenvalue weighted by Crippen LogP contribution is 2.38. The standard InChI is InChI=1S/C18H22F3N3O2/c1-10-5-11(2)9-24(8-10)16-12-6-14(25-3)15(26-4)7-13(12)22-17(23-16)18(19,20)21/h6-7,10-11H,5,8-9H2,1-4H3. The zero-order valence-corrected chi connectivity index (χ0v) is 15.2. The van der Waals surface area contributed by atoms with Crippen molar-refractivity contribution < 1.29 is 22.6 Å². The molecule has 1 aromatic carbocycles. The first-order valence-corrected chi connectivity index (χ1v) is 8.48. The van der Waals surface area contributed by atoms with Crippen LogP contribution < -0.4 is 14.4 Å². The first-order chi connectivity index (χ1) is 12.2. The number of fused-ring (bicyclic) bond motifs is 1. The maximum Gasteiger partial charge on any atom is 0.451 e. The van der Waals surface area contributed by atoms with Crippen LogP contribution in [-0.4, -0.2) is 37.3 Å². The van der Waals surface area contributed by atoms with Crippen LogP contribution in [0.5, 0.6) is 11.5 Å². The lowest BCUT2D eigenvalue weighted by molar-refractivity contribution is -0.144. The van der Waals surface area contributed by atoms with E-state index in [4.69, 9.17) is 9.47 Å². The van der Waals surface area contributed by atoms with Crippen LogP contribution in [0.15, 0.2) is 12.1 Å². The van der Waals surface area contributed by atoms with Crippen LogP contribution in [-0.2, 0) is 6.18 Å². The molecule has 0 aliphatic carbocycles. The van der Waals surface area contributed by atoms with Crippen molar-refractivity contribution in [3.05, 3.63) is 18.0 Å².